The van der Waals surface area contributed by atoms with Gasteiger partial charge in [0.05, 0.1) is 11.1 Å². The third kappa shape index (κ3) is 5.07. The van der Waals surface area contributed by atoms with E-state index in [9.17, 15) is 36.2 Å². The molecule has 0 aliphatic heterocycles. The van der Waals surface area contributed by atoms with Crippen molar-refractivity contribution in [1.82, 2.24) is 0 Å². The molecule has 1 unspecified atom stereocenters. The minimum atomic E-state index is -4.99. The Hall–Kier alpha value is -2.32. The lowest BCUT2D eigenvalue weighted by molar-refractivity contribution is -0.143. The molecule has 0 aliphatic carbocycles. The Labute approximate surface area is 139 Å². The van der Waals surface area contributed by atoms with Gasteiger partial charge in [0.15, 0.2) is 5.54 Å². The molecule has 1 atom stereocenters. The minimum Gasteiger partial charge on any atom is -0.479 e. The Kier molecular flexibility index (Phi) is 6.04. The van der Waals surface area contributed by atoms with Crippen LogP contribution in [0.25, 0.3) is 0 Å². The summed E-state index contributed by atoms with van der Waals surface area (Å²) in [4.78, 5) is 15.1. The van der Waals surface area contributed by atoms with Crippen LogP contribution in [-0.2, 0) is 17.1 Å². The number of halogens is 6. The Morgan fingerprint density at radius 3 is 1.92 bits per heavy atom. The lowest BCUT2D eigenvalue weighted by Crippen LogP contribution is -2.34. The topological polar surface area (TPSA) is 49.7 Å². The van der Waals surface area contributed by atoms with E-state index in [1.807, 2.05) is 0 Å². The molecule has 0 bridgehead atoms. The molecule has 0 saturated heterocycles. The van der Waals surface area contributed by atoms with E-state index in [0.717, 1.165) is 6.08 Å². The van der Waals surface area contributed by atoms with Gasteiger partial charge in [0.25, 0.3) is 0 Å². The molecule has 0 spiro atoms. The summed E-state index contributed by atoms with van der Waals surface area (Å²) in [6, 6.07) is 0.933. The van der Waals surface area contributed by atoms with E-state index in [2.05, 4.69) is 11.6 Å². The van der Waals surface area contributed by atoms with Crippen molar-refractivity contribution in [3.05, 3.63) is 47.5 Å². The number of hydrogen-bond acceptors (Lipinski definition) is 2. The van der Waals surface area contributed by atoms with Crippen molar-refractivity contribution in [2.24, 2.45) is 4.99 Å². The lowest BCUT2D eigenvalue weighted by atomic mass is 9.94. The largest absolute Gasteiger partial charge is 0.479 e. The normalized spacial score (nSPS) is 15.2. The Bertz CT molecular complexity index is 646. The number of aliphatic imine (C=N–C) groups is 1. The molecule has 0 radical (unpaired) electrons. The number of nitrogens with zero attached hydrogens (tertiary/aromatic N) is 1. The van der Waals surface area contributed by atoms with Crippen molar-refractivity contribution in [1.29, 1.82) is 0 Å². The smallest absolute Gasteiger partial charge is 0.416 e. The van der Waals surface area contributed by atoms with Crippen molar-refractivity contribution in [2.45, 2.75) is 37.7 Å². The number of rotatable bonds is 6. The fourth-order valence-corrected chi connectivity index (χ4v) is 2.09. The van der Waals surface area contributed by atoms with Crippen LogP contribution in [-0.4, -0.2) is 22.8 Å². The number of hydrogen-bond donors (Lipinski definition) is 1. The second-order valence-corrected chi connectivity index (χ2v) is 5.28. The number of carboxylic acids is 1. The molecule has 1 N–H and O–H groups in total. The first kappa shape index (κ1) is 20.7. The Morgan fingerprint density at radius 1 is 1.12 bits per heavy atom. The second kappa shape index (κ2) is 7.28. The van der Waals surface area contributed by atoms with Crippen LogP contribution < -0.4 is 0 Å². The standard InChI is InChI=1S/C16H15F6NO2/c1-3-5-14(4-2,13(24)25)23-9-10-6-11(15(17,18)19)8-12(7-10)16(20,21)22/h4,6-9H,2-3,5H2,1H3,(H,24,25)/b23-9+. The maximum absolute atomic E-state index is 12.8. The van der Waals surface area contributed by atoms with Crippen molar-refractivity contribution in [2.75, 3.05) is 0 Å². The zero-order valence-corrected chi connectivity index (χ0v) is 13.1. The van der Waals surface area contributed by atoms with Crippen molar-refractivity contribution in [3.8, 4) is 0 Å². The molecule has 1 aromatic rings. The highest BCUT2D eigenvalue weighted by Crippen LogP contribution is 2.36. The van der Waals surface area contributed by atoms with Crippen molar-refractivity contribution >= 4 is 12.2 Å². The van der Waals surface area contributed by atoms with Gasteiger partial charge in [-0.1, -0.05) is 19.4 Å². The van der Waals surface area contributed by atoms with Gasteiger partial charge in [-0.15, -0.1) is 6.58 Å². The third-order valence-corrected chi connectivity index (χ3v) is 3.39. The van der Waals surface area contributed by atoms with Crippen LogP contribution in [0, 0.1) is 0 Å². The zero-order chi connectivity index (χ0) is 19.5. The van der Waals surface area contributed by atoms with Crippen LogP contribution >= 0.6 is 0 Å². The predicted molar refractivity (Wildman–Crippen MR) is 79.5 cm³/mol. The maximum Gasteiger partial charge on any atom is 0.416 e. The number of alkyl halides is 6. The van der Waals surface area contributed by atoms with Gasteiger partial charge in [0.1, 0.15) is 0 Å². The van der Waals surface area contributed by atoms with Gasteiger partial charge in [-0.3, -0.25) is 4.99 Å². The molecule has 0 heterocycles. The van der Waals surface area contributed by atoms with Gasteiger partial charge < -0.3 is 5.11 Å². The van der Waals surface area contributed by atoms with Crippen LogP contribution in [0.3, 0.4) is 0 Å². The highest BCUT2D eigenvalue weighted by Gasteiger charge is 2.37. The summed E-state index contributed by atoms with van der Waals surface area (Å²) in [7, 11) is 0. The summed E-state index contributed by atoms with van der Waals surface area (Å²) in [6.07, 6.45) is -7.94. The highest BCUT2D eigenvalue weighted by molar-refractivity contribution is 5.88. The molecular weight excluding hydrogens is 352 g/mol. The fraction of sp³-hybridized carbons (Fsp3) is 0.375. The van der Waals surface area contributed by atoms with E-state index in [-0.39, 0.29) is 12.5 Å². The van der Waals surface area contributed by atoms with E-state index in [1.165, 1.54) is 0 Å². The van der Waals surface area contributed by atoms with Gasteiger partial charge in [-0.05, 0) is 30.2 Å². The average molecular weight is 367 g/mol. The van der Waals surface area contributed by atoms with Crippen LogP contribution in [0.1, 0.15) is 36.5 Å². The molecule has 0 aliphatic rings. The number of carboxylic acid groups (broad SMARTS) is 1. The molecule has 3 nitrogen and oxygen atoms in total. The summed E-state index contributed by atoms with van der Waals surface area (Å²) in [5.74, 6) is -1.40. The molecule has 138 valence electrons. The van der Waals surface area contributed by atoms with Gasteiger partial charge in [-0.2, -0.15) is 26.3 Å². The van der Waals surface area contributed by atoms with Crippen LogP contribution in [0.4, 0.5) is 26.3 Å². The molecule has 0 fully saturated rings. The molecule has 0 aromatic heterocycles. The van der Waals surface area contributed by atoms with Gasteiger partial charge in [-0.25, -0.2) is 4.79 Å². The van der Waals surface area contributed by atoms with Crippen LogP contribution in [0.5, 0.6) is 0 Å². The zero-order valence-electron chi connectivity index (χ0n) is 13.1. The van der Waals surface area contributed by atoms with Crippen LogP contribution in [0.2, 0.25) is 0 Å². The van der Waals surface area contributed by atoms with Crippen molar-refractivity contribution in [3.63, 3.8) is 0 Å². The number of aliphatic carboxylic acids is 1. The first-order valence-corrected chi connectivity index (χ1v) is 7.07. The maximum atomic E-state index is 12.8. The Balaban J connectivity index is 3.46. The molecule has 9 heteroatoms. The molecule has 25 heavy (non-hydrogen) atoms. The van der Waals surface area contributed by atoms with E-state index >= 15 is 0 Å². The summed E-state index contributed by atoms with van der Waals surface area (Å²) < 4.78 is 76.8. The lowest BCUT2D eigenvalue weighted by Gasteiger charge is -2.20. The predicted octanol–water partition coefficient (Wildman–Crippen LogP) is 4.95. The first-order chi connectivity index (χ1) is 11.4. The Morgan fingerprint density at radius 2 is 1.60 bits per heavy atom. The van der Waals surface area contributed by atoms with Gasteiger partial charge >= 0.3 is 18.3 Å². The van der Waals surface area contributed by atoms with Crippen molar-refractivity contribution < 1.29 is 36.2 Å². The molecule has 0 amide bonds. The average Bonchev–Trinajstić information content (AvgIpc) is 2.49. The first-order valence-electron chi connectivity index (χ1n) is 7.07. The minimum absolute atomic E-state index is 0.00652. The quantitative estimate of drug-likeness (QED) is 0.439. The number of carbonyl (C=O) groups is 1. The van der Waals surface area contributed by atoms with E-state index in [1.54, 1.807) is 6.92 Å². The monoisotopic (exact) mass is 367 g/mol. The molecule has 1 aromatic carbocycles. The van der Waals surface area contributed by atoms with Gasteiger partial charge in [0.2, 0.25) is 0 Å². The highest BCUT2D eigenvalue weighted by atomic mass is 19.4. The number of benzene rings is 1. The van der Waals surface area contributed by atoms with E-state index < -0.39 is 40.6 Å². The summed E-state index contributed by atoms with van der Waals surface area (Å²) >= 11 is 0. The molecular formula is C16H15F6NO2. The van der Waals surface area contributed by atoms with E-state index in [4.69, 9.17) is 0 Å². The summed E-state index contributed by atoms with van der Waals surface area (Å²) in [6.45, 7) is 5.00. The summed E-state index contributed by atoms with van der Waals surface area (Å²) in [5.41, 5.74) is -5.33. The molecule has 1 rings (SSSR count). The van der Waals surface area contributed by atoms with Gasteiger partial charge in [0, 0.05) is 6.21 Å². The van der Waals surface area contributed by atoms with Crippen LogP contribution in [0.15, 0.2) is 35.8 Å². The second-order valence-electron chi connectivity index (χ2n) is 5.28. The fourth-order valence-electron chi connectivity index (χ4n) is 2.09. The SMILES string of the molecule is C=CC(CCC)(/N=C/c1cc(C(F)(F)F)cc(C(F)(F)F)c1)C(=O)O. The van der Waals surface area contributed by atoms with E-state index in [0.29, 0.717) is 24.8 Å². The molecule has 0 saturated carbocycles. The summed E-state index contributed by atoms with van der Waals surface area (Å²) in [5, 5.41) is 9.26. The third-order valence-electron chi connectivity index (χ3n) is 3.39.